The standard InChI is InChI=1S/C15H18ClN3O3/c1-11-8-13(18-22-11)10-19(2)15(20)17-6-7-21-14-5-3-4-12(16)9-14/h3-5,8-9H,6-7,10H2,1-2H3,(H,17,20). The Labute approximate surface area is 134 Å². The van der Waals surface area contributed by atoms with Crippen molar-refractivity contribution >= 4 is 17.6 Å². The predicted octanol–water partition coefficient (Wildman–Crippen LogP) is 2.86. The summed E-state index contributed by atoms with van der Waals surface area (Å²) in [6.45, 7) is 2.96. The van der Waals surface area contributed by atoms with Crippen molar-refractivity contribution in [2.75, 3.05) is 20.2 Å². The minimum Gasteiger partial charge on any atom is -0.492 e. The van der Waals surface area contributed by atoms with Crippen LogP contribution in [0.25, 0.3) is 0 Å². The van der Waals surface area contributed by atoms with Crippen LogP contribution in [-0.4, -0.2) is 36.3 Å². The van der Waals surface area contributed by atoms with E-state index in [1.165, 1.54) is 4.90 Å². The molecule has 0 saturated carbocycles. The third-order valence-electron chi connectivity index (χ3n) is 2.87. The van der Waals surface area contributed by atoms with Gasteiger partial charge in [-0.1, -0.05) is 22.8 Å². The van der Waals surface area contributed by atoms with E-state index in [9.17, 15) is 4.79 Å². The second-order valence-corrected chi connectivity index (χ2v) is 5.26. The van der Waals surface area contributed by atoms with Gasteiger partial charge in [0, 0.05) is 18.1 Å². The summed E-state index contributed by atoms with van der Waals surface area (Å²) in [4.78, 5) is 13.4. The first kappa shape index (κ1) is 16.2. The number of carbonyl (C=O) groups is 1. The van der Waals surface area contributed by atoms with Crippen molar-refractivity contribution in [3.8, 4) is 5.75 Å². The number of aryl methyl sites for hydroxylation is 1. The summed E-state index contributed by atoms with van der Waals surface area (Å²) in [5.74, 6) is 1.40. The lowest BCUT2D eigenvalue weighted by molar-refractivity contribution is 0.202. The van der Waals surface area contributed by atoms with E-state index >= 15 is 0 Å². The normalized spacial score (nSPS) is 10.3. The van der Waals surface area contributed by atoms with E-state index in [0.717, 1.165) is 5.76 Å². The first-order chi connectivity index (χ1) is 10.5. The average molecular weight is 324 g/mol. The van der Waals surface area contributed by atoms with Gasteiger partial charge in [-0.2, -0.15) is 0 Å². The van der Waals surface area contributed by atoms with Crippen molar-refractivity contribution in [1.82, 2.24) is 15.4 Å². The summed E-state index contributed by atoms with van der Waals surface area (Å²) in [5, 5.41) is 7.23. The van der Waals surface area contributed by atoms with Gasteiger partial charge in [0.15, 0.2) is 0 Å². The minimum absolute atomic E-state index is 0.199. The fourth-order valence-corrected chi connectivity index (χ4v) is 2.01. The number of rotatable bonds is 6. The van der Waals surface area contributed by atoms with Crippen LogP contribution in [0.15, 0.2) is 34.9 Å². The number of amides is 2. The molecule has 118 valence electrons. The molecule has 2 amide bonds. The fraction of sp³-hybridized carbons (Fsp3) is 0.333. The lowest BCUT2D eigenvalue weighted by atomic mass is 10.3. The van der Waals surface area contributed by atoms with Crippen LogP contribution in [0.4, 0.5) is 4.79 Å². The molecule has 0 saturated heterocycles. The van der Waals surface area contributed by atoms with Gasteiger partial charge in [-0.15, -0.1) is 0 Å². The third kappa shape index (κ3) is 4.96. The van der Waals surface area contributed by atoms with Crippen LogP contribution in [0.1, 0.15) is 11.5 Å². The van der Waals surface area contributed by atoms with Crippen LogP contribution in [0.3, 0.4) is 0 Å². The van der Waals surface area contributed by atoms with Crippen molar-refractivity contribution in [1.29, 1.82) is 0 Å². The number of ether oxygens (including phenoxy) is 1. The quantitative estimate of drug-likeness (QED) is 0.830. The highest BCUT2D eigenvalue weighted by molar-refractivity contribution is 6.30. The Morgan fingerprint density at radius 2 is 2.27 bits per heavy atom. The van der Waals surface area contributed by atoms with Gasteiger partial charge in [-0.3, -0.25) is 0 Å². The topological polar surface area (TPSA) is 67.6 Å². The van der Waals surface area contributed by atoms with Crippen LogP contribution in [0.5, 0.6) is 5.75 Å². The number of urea groups is 1. The zero-order chi connectivity index (χ0) is 15.9. The van der Waals surface area contributed by atoms with Gasteiger partial charge < -0.3 is 19.5 Å². The fourth-order valence-electron chi connectivity index (χ4n) is 1.83. The summed E-state index contributed by atoms with van der Waals surface area (Å²) in [6, 6.07) is 8.72. The van der Waals surface area contributed by atoms with Gasteiger partial charge in [0.2, 0.25) is 0 Å². The summed E-state index contributed by atoms with van der Waals surface area (Å²) in [5.41, 5.74) is 0.713. The molecule has 1 N–H and O–H groups in total. The van der Waals surface area contributed by atoms with E-state index in [4.69, 9.17) is 20.9 Å². The molecule has 0 bridgehead atoms. The summed E-state index contributed by atoms with van der Waals surface area (Å²) in [6.07, 6.45) is 0. The highest BCUT2D eigenvalue weighted by Crippen LogP contribution is 2.16. The van der Waals surface area contributed by atoms with Crippen molar-refractivity contribution < 1.29 is 14.1 Å². The first-order valence-electron chi connectivity index (χ1n) is 6.84. The molecule has 0 radical (unpaired) electrons. The van der Waals surface area contributed by atoms with Crippen LogP contribution < -0.4 is 10.1 Å². The summed E-state index contributed by atoms with van der Waals surface area (Å²) < 4.78 is 10.5. The van der Waals surface area contributed by atoms with Crippen LogP contribution >= 0.6 is 11.6 Å². The van der Waals surface area contributed by atoms with E-state index in [1.54, 1.807) is 25.2 Å². The number of nitrogens with one attached hydrogen (secondary N) is 1. The Kier molecular flexibility index (Phi) is 5.66. The van der Waals surface area contributed by atoms with Crippen molar-refractivity contribution in [2.45, 2.75) is 13.5 Å². The Hall–Kier alpha value is -2.21. The lowest BCUT2D eigenvalue weighted by Gasteiger charge is -2.16. The van der Waals surface area contributed by atoms with Crippen LogP contribution in [0.2, 0.25) is 5.02 Å². The Balaban J connectivity index is 1.68. The van der Waals surface area contributed by atoms with Gasteiger partial charge in [0.1, 0.15) is 23.8 Å². The lowest BCUT2D eigenvalue weighted by Crippen LogP contribution is -2.38. The molecule has 2 rings (SSSR count). The molecule has 0 atom stereocenters. The van der Waals surface area contributed by atoms with Crippen LogP contribution in [0, 0.1) is 6.92 Å². The smallest absolute Gasteiger partial charge is 0.317 e. The van der Waals surface area contributed by atoms with E-state index in [0.29, 0.717) is 36.2 Å². The summed E-state index contributed by atoms with van der Waals surface area (Å²) in [7, 11) is 1.69. The van der Waals surface area contributed by atoms with Gasteiger partial charge in [0.25, 0.3) is 0 Å². The third-order valence-corrected chi connectivity index (χ3v) is 3.10. The van der Waals surface area contributed by atoms with Gasteiger partial charge in [-0.25, -0.2) is 4.79 Å². The Bertz CT molecular complexity index is 630. The molecule has 22 heavy (non-hydrogen) atoms. The zero-order valence-corrected chi connectivity index (χ0v) is 13.3. The molecule has 6 nitrogen and oxygen atoms in total. The number of aromatic nitrogens is 1. The van der Waals surface area contributed by atoms with E-state index in [2.05, 4.69) is 10.5 Å². The van der Waals surface area contributed by atoms with Gasteiger partial charge >= 0.3 is 6.03 Å². The summed E-state index contributed by atoms with van der Waals surface area (Å²) >= 11 is 5.86. The molecule has 2 aromatic rings. The second kappa shape index (κ2) is 7.70. The van der Waals surface area contributed by atoms with E-state index < -0.39 is 0 Å². The highest BCUT2D eigenvalue weighted by atomic mass is 35.5. The minimum atomic E-state index is -0.199. The second-order valence-electron chi connectivity index (χ2n) is 4.82. The van der Waals surface area contributed by atoms with Crippen molar-refractivity contribution in [3.05, 3.63) is 46.8 Å². The number of hydrogen-bond acceptors (Lipinski definition) is 4. The molecule has 0 aliphatic heterocycles. The van der Waals surface area contributed by atoms with E-state index in [-0.39, 0.29) is 6.03 Å². The largest absolute Gasteiger partial charge is 0.492 e. The Morgan fingerprint density at radius 3 is 2.95 bits per heavy atom. The van der Waals surface area contributed by atoms with Gasteiger partial charge in [0.05, 0.1) is 13.1 Å². The average Bonchev–Trinajstić information content (AvgIpc) is 2.88. The SMILES string of the molecule is Cc1cc(CN(C)C(=O)NCCOc2cccc(Cl)c2)no1. The maximum absolute atomic E-state index is 11.9. The molecule has 0 aliphatic rings. The number of hydrogen-bond donors (Lipinski definition) is 1. The zero-order valence-electron chi connectivity index (χ0n) is 12.5. The molecular formula is C15H18ClN3O3. The molecule has 0 unspecified atom stereocenters. The monoisotopic (exact) mass is 323 g/mol. The number of carbonyl (C=O) groups excluding carboxylic acids is 1. The van der Waals surface area contributed by atoms with Crippen LogP contribution in [-0.2, 0) is 6.54 Å². The maximum atomic E-state index is 11.9. The molecule has 0 aliphatic carbocycles. The van der Waals surface area contributed by atoms with Crippen molar-refractivity contribution in [3.63, 3.8) is 0 Å². The van der Waals surface area contributed by atoms with Gasteiger partial charge in [-0.05, 0) is 25.1 Å². The van der Waals surface area contributed by atoms with E-state index in [1.807, 2.05) is 19.1 Å². The molecule has 0 fully saturated rings. The predicted molar refractivity (Wildman–Crippen MR) is 83.1 cm³/mol. The molecule has 7 heteroatoms. The molecule has 1 aromatic carbocycles. The molecule has 1 aromatic heterocycles. The maximum Gasteiger partial charge on any atom is 0.317 e. The number of nitrogens with zero attached hydrogens (tertiary/aromatic N) is 2. The molecule has 1 heterocycles. The molecular weight excluding hydrogens is 306 g/mol. The Morgan fingerprint density at radius 1 is 1.45 bits per heavy atom. The number of halogens is 1. The number of benzene rings is 1. The van der Waals surface area contributed by atoms with Crippen molar-refractivity contribution in [2.24, 2.45) is 0 Å². The first-order valence-corrected chi connectivity index (χ1v) is 7.22. The highest BCUT2D eigenvalue weighted by Gasteiger charge is 2.10. The molecule has 0 spiro atoms.